The van der Waals surface area contributed by atoms with E-state index in [1.165, 1.54) is 6.92 Å². The largest absolute Gasteiger partial charge is 0.481 e. The van der Waals surface area contributed by atoms with Gasteiger partial charge < -0.3 is 10.2 Å². The lowest BCUT2D eigenvalue weighted by atomic mass is 10.1. The minimum Gasteiger partial charge on any atom is -0.481 e. The van der Waals surface area contributed by atoms with Crippen molar-refractivity contribution in [2.45, 2.75) is 13.0 Å². The second-order valence-corrected chi connectivity index (χ2v) is 4.33. The van der Waals surface area contributed by atoms with Crippen LogP contribution in [0.4, 0.5) is 0 Å². The number of aliphatic carboxylic acids is 1. The first-order chi connectivity index (χ1) is 5.74. The first kappa shape index (κ1) is 12.3. The third kappa shape index (κ3) is 5.56. The van der Waals surface area contributed by atoms with Gasteiger partial charge in [0.2, 0.25) is 0 Å². The van der Waals surface area contributed by atoms with Gasteiger partial charge in [0, 0.05) is 0 Å². The number of aliphatic hydroxyl groups is 1. The number of hydrogen-bond donors (Lipinski definition) is 2. The van der Waals surface area contributed by atoms with Crippen LogP contribution in [-0.4, -0.2) is 43.6 Å². The zero-order valence-corrected chi connectivity index (χ0v) is 8.11. The van der Waals surface area contributed by atoms with Gasteiger partial charge in [-0.3, -0.25) is 8.98 Å². The first-order valence-electron chi connectivity index (χ1n) is 3.49. The van der Waals surface area contributed by atoms with Gasteiger partial charge in [0.15, 0.2) is 0 Å². The maximum absolute atomic E-state index is 10.4. The molecule has 0 bridgehead atoms. The summed E-state index contributed by atoms with van der Waals surface area (Å²) >= 11 is 0. The van der Waals surface area contributed by atoms with Crippen molar-refractivity contribution in [2.24, 2.45) is 5.92 Å². The Labute approximate surface area is 76.3 Å². The Morgan fingerprint density at radius 2 is 2.00 bits per heavy atom. The van der Waals surface area contributed by atoms with Gasteiger partial charge in [0.1, 0.15) is 0 Å². The molecule has 0 amide bonds. The fraction of sp³-hybridized carbons (Fsp3) is 0.833. The molecule has 0 aromatic heterocycles. The average Bonchev–Trinajstić information content (AvgIpc) is 1.97. The lowest BCUT2D eigenvalue weighted by molar-refractivity contribution is -0.145. The summed E-state index contributed by atoms with van der Waals surface area (Å²) in [5, 5.41) is 17.5. The minimum atomic E-state index is -3.63. The summed E-state index contributed by atoms with van der Waals surface area (Å²) in [5.74, 6) is -2.26. The zero-order valence-electron chi connectivity index (χ0n) is 7.30. The predicted octanol–water partition coefficient (Wildman–Crippen LogP) is -0.956. The highest BCUT2D eigenvalue weighted by Gasteiger charge is 2.22. The topological polar surface area (TPSA) is 101 Å². The molecule has 0 heterocycles. The molecule has 2 atom stereocenters. The SMILES string of the molecule is CC(C(=O)O)C(O)COS(C)(=O)=O. The molecule has 0 fully saturated rings. The summed E-state index contributed by atoms with van der Waals surface area (Å²) in [6, 6.07) is 0. The molecule has 0 aliphatic heterocycles. The predicted molar refractivity (Wildman–Crippen MR) is 43.6 cm³/mol. The van der Waals surface area contributed by atoms with E-state index in [-0.39, 0.29) is 0 Å². The lowest BCUT2D eigenvalue weighted by Gasteiger charge is -2.13. The van der Waals surface area contributed by atoms with Crippen molar-refractivity contribution in [1.29, 1.82) is 0 Å². The Morgan fingerprint density at radius 1 is 1.54 bits per heavy atom. The maximum atomic E-state index is 10.4. The zero-order chi connectivity index (χ0) is 10.6. The van der Waals surface area contributed by atoms with Gasteiger partial charge in [0.05, 0.1) is 24.9 Å². The fourth-order valence-corrected chi connectivity index (χ4v) is 0.889. The molecule has 2 N–H and O–H groups in total. The number of carboxylic acids is 1. The van der Waals surface area contributed by atoms with Crippen molar-refractivity contribution < 1.29 is 27.6 Å². The molecule has 0 aliphatic carbocycles. The van der Waals surface area contributed by atoms with Crippen molar-refractivity contribution in [3.05, 3.63) is 0 Å². The Bertz CT molecular complexity index is 269. The highest BCUT2D eigenvalue weighted by atomic mass is 32.2. The summed E-state index contributed by atoms with van der Waals surface area (Å²) in [7, 11) is -3.63. The van der Waals surface area contributed by atoms with Crippen LogP contribution in [0.3, 0.4) is 0 Å². The first-order valence-corrected chi connectivity index (χ1v) is 5.31. The normalized spacial score (nSPS) is 16.5. The summed E-state index contributed by atoms with van der Waals surface area (Å²) in [4.78, 5) is 10.3. The molecule has 13 heavy (non-hydrogen) atoms. The number of carboxylic acid groups (broad SMARTS) is 1. The van der Waals surface area contributed by atoms with E-state index in [1.807, 2.05) is 0 Å². The van der Waals surface area contributed by atoms with Crippen LogP contribution in [0.2, 0.25) is 0 Å². The van der Waals surface area contributed by atoms with Crippen molar-refractivity contribution in [3.63, 3.8) is 0 Å². The molecular weight excluding hydrogens is 200 g/mol. The standard InChI is InChI=1S/C6H12O6S/c1-4(6(8)9)5(7)3-12-13(2,10)11/h4-5,7H,3H2,1-2H3,(H,8,9). The summed E-state index contributed by atoms with van der Waals surface area (Å²) in [6.07, 6.45) is -0.502. The van der Waals surface area contributed by atoms with Gasteiger partial charge >= 0.3 is 5.97 Å². The molecule has 0 rings (SSSR count). The van der Waals surface area contributed by atoms with Crippen LogP contribution in [0.25, 0.3) is 0 Å². The van der Waals surface area contributed by atoms with Crippen LogP contribution >= 0.6 is 0 Å². The molecule has 2 unspecified atom stereocenters. The molecule has 0 radical (unpaired) electrons. The molecule has 0 aromatic carbocycles. The van der Waals surface area contributed by atoms with E-state index in [2.05, 4.69) is 4.18 Å². The number of aliphatic hydroxyl groups excluding tert-OH is 1. The van der Waals surface area contributed by atoms with Crippen molar-refractivity contribution in [1.82, 2.24) is 0 Å². The fourth-order valence-electron chi connectivity index (χ4n) is 0.502. The minimum absolute atomic E-state index is 0.535. The van der Waals surface area contributed by atoms with Gasteiger partial charge in [-0.15, -0.1) is 0 Å². The van der Waals surface area contributed by atoms with E-state index in [1.54, 1.807) is 0 Å². The van der Waals surface area contributed by atoms with Crippen LogP contribution in [0.5, 0.6) is 0 Å². The van der Waals surface area contributed by atoms with E-state index in [9.17, 15) is 13.2 Å². The highest BCUT2D eigenvalue weighted by molar-refractivity contribution is 7.85. The molecule has 0 aliphatic rings. The molecule has 0 aromatic rings. The van der Waals surface area contributed by atoms with E-state index >= 15 is 0 Å². The number of rotatable bonds is 5. The van der Waals surface area contributed by atoms with Crippen molar-refractivity contribution in [2.75, 3.05) is 12.9 Å². The molecule has 7 heteroatoms. The smallest absolute Gasteiger partial charge is 0.308 e. The Morgan fingerprint density at radius 3 is 2.31 bits per heavy atom. The summed E-state index contributed by atoms with van der Waals surface area (Å²) in [6.45, 7) is 0.727. The van der Waals surface area contributed by atoms with Gasteiger partial charge in [-0.25, -0.2) is 0 Å². The van der Waals surface area contributed by atoms with E-state index in [0.29, 0.717) is 0 Å². The van der Waals surface area contributed by atoms with Gasteiger partial charge in [0.25, 0.3) is 10.1 Å². The Hall–Kier alpha value is -0.660. The molecule has 0 saturated heterocycles. The second-order valence-electron chi connectivity index (χ2n) is 2.68. The Kier molecular flexibility index (Phi) is 4.31. The van der Waals surface area contributed by atoms with Crippen LogP contribution in [0.15, 0.2) is 0 Å². The van der Waals surface area contributed by atoms with Crippen LogP contribution in [-0.2, 0) is 19.1 Å². The molecule has 78 valence electrons. The highest BCUT2D eigenvalue weighted by Crippen LogP contribution is 2.04. The van der Waals surface area contributed by atoms with Gasteiger partial charge in [-0.05, 0) is 6.92 Å². The van der Waals surface area contributed by atoms with Crippen LogP contribution in [0.1, 0.15) is 6.92 Å². The molecule has 0 spiro atoms. The second kappa shape index (κ2) is 4.54. The van der Waals surface area contributed by atoms with Crippen molar-refractivity contribution in [3.8, 4) is 0 Å². The summed E-state index contributed by atoms with van der Waals surface area (Å²) < 4.78 is 25.1. The lowest BCUT2D eigenvalue weighted by Crippen LogP contribution is -2.30. The molecule has 0 saturated carbocycles. The quantitative estimate of drug-likeness (QED) is 0.569. The number of carbonyl (C=O) groups is 1. The molecular formula is C6H12O6S. The summed E-state index contributed by atoms with van der Waals surface area (Å²) in [5.41, 5.74) is 0. The van der Waals surface area contributed by atoms with Crippen LogP contribution in [0, 0.1) is 5.92 Å². The van der Waals surface area contributed by atoms with E-state index in [4.69, 9.17) is 10.2 Å². The van der Waals surface area contributed by atoms with Crippen molar-refractivity contribution >= 4 is 16.1 Å². The third-order valence-electron chi connectivity index (χ3n) is 1.42. The maximum Gasteiger partial charge on any atom is 0.308 e. The number of hydrogen-bond acceptors (Lipinski definition) is 5. The van der Waals surface area contributed by atoms with E-state index < -0.39 is 34.7 Å². The van der Waals surface area contributed by atoms with Gasteiger partial charge in [-0.1, -0.05) is 0 Å². The monoisotopic (exact) mass is 212 g/mol. The molecule has 6 nitrogen and oxygen atoms in total. The average molecular weight is 212 g/mol. The van der Waals surface area contributed by atoms with Crippen LogP contribution < -0.4 is 0 Å². The van der Waals surface area contributed by atoms with Gasteiger partial charge in [-0.2, -0.15) is 8.42 Å². The van der Waals surface area contributed by atoms with E-state index in [0.717, 1.165) is 6.26 Å². The third-order valence-corrected chi connectivity index (χ3v) is 1.98. The Balaban J connectivity index is 4.02.